The van der Waals surface area contributed by atoms with Gasteiger partial charge >= 0.3 is 6.18 Å². The van der Waals surface area contributed by atoms with Gasteiger partial charge in [-0.3, -0.25) is 4.40 Å². The van der Waals surface area contributed by atoms with E-state index < -0.39 is 23.9 Å². The van der Waals surface area contributed by atoms with Gasteiger partial charge in [0.05, 0.1) is 17.7 Å². The van der Waals surface area contributed by atoms with Crippen molar-refractivity contribution < 1.29 is 18.3 Å². The van der Waals surface area contributed by atoms with Crippen LogP contribution in [0.15, 0.2) is 43.0 Å². The molecular weight excluding hydrogens is 335 g/mol. The molecule has 0 radical (unpaired) electrons. The number of β-amino-alcohol motifs (C(OH)–C–C–N with tert-alkyl or cyclic N) is 1. The first-order valence-corrected chi connectivity index (χ1v) is 7.69. The van der Waals surface area contributed by atoms with Crippen LogP contribution in [-0.4, -0.2) is 37.3 Å². The lowest BCUT2D eigenvalue weighted by Crippen LogP contribution is -2.26. The van der Waals surface area contributed by atoms with Crippen molar-refractivity contribution in [3.8, 4) is 0 Å². The monoisotopic (exact) mass is 349 g/mol. The van der Waals surface area contributed by atoms with Gasteiger partial charge in [-0.05, 0) is 24.1 Å². The van der Waals surface area contributed by atoms with Gasteiger partial charge in [-0.1, -0.05) is 12.1 Å². The van der Waals surface area contributed by atoms with Crippen molar-refractivity contribution in [2.75, 3.05) is 11.4 Å². The highest BCUT2D eigenvalue weighted by atomic mass is 19.4. The molecule has 2 aromatic heterocycles. The van der Waals surface area contributed by atoms with E-state index in [-0.39, 0.29) is 6.54 Å². The molecule has 1 fully saturated rings. The third-order valence-corrected chi connectivity index (χ3v) is 4.35. The molecule has 0 aliphatic carbocycles. The fraction of sp³-hybridized carbons (Fsp3) is 0.312. The van der Waals surface area contributed by atoms with Gasteiger partial charge in [0, 0.05) is 18.9 Å². The fourth-order valence-corrected chi connectivity index (χ4v) is 3.23. The molecule has 130 valence electrons. The number of nitrogens with zero attached hydrogens (tertiary/aromatic N) is 5. The standard InChI is InChI=1S/C16H14F3N5O/c17-16(18,19)11-3-1-2-10(6-11)13-7-12(25)8-24(13)14-15-22-21-9-23(15)5-4-20-14/h1-6,9,12-13,25H,7-8H2/t12-,13-/m0/s1. The molecule has 0 spiro atoms. The Balaban J connectivity index is 1.77. The first-order valence-electron chi connectivity index (χ1n) is 7.69. The Morgan fingerprint density at radius 2 is 2.08 bits per heavy atom. The van der Waals surface area contributed by atoms with Gasteiger partial charge in [0.15, 0.2) is 5.82 Å². The molecule has 1 aliphatic rings. The first-order chi connectivity index (χ1) is 11.9. The lowest BCUT2D eigenvalue weighted by molar-refractivity contribution is -0.137. The Kier molecular flexibility index (Phi) is 3.60. The van der Waals surface area contributed by atoms with Crippen molar-refractivity contribution >= 4 is 11.5 Å². The lowest BCUT2D eigenvalue weighted by atomic mass is 10.0. The van der Waals surface area contributed by atoms with Gasteiger partial charge in [0.2, 0.25) is 5.65 Å². The summed E-state index contributed by atoms with van der Waals surface area (Å²) in [6.45, 7) is 0.264. The summed E-state index contributed by atoms with van der Waals surface area (Å²) in [7, 11) is 0. The van der Waals surface area contributed by atoms with Crippen molar-refractivity contribution in [1.82, 2.24) is 19.6 Å². The van der Waals surface area contributed by atoms with Crippen LogP contribution in [0.3, 0.4) is 0 Å². The number of rotatable bonds is 2. The topological polar surface area (TPSA) is 66.5 Å². The lowest BCUT2D eigenvalue weighted by Gasteiger charge is -2.26. The molecule has 1 N–H and O–H groups in total. The molecule has 6 nitrogen and oxygen atoms in total. The molecule has 2 atom stereocenters. The van der Waals surface area contributed by atoms with Crippen LogP contribution in [0.4, 0.5) is 19.0 Å². The van der Waals surface area contributed by atoms with Gasteiger partial charge in [0.1, 0.15) is 6.33 Å². The number of benzene rings is 1. The van der Waals surface area contributed by atoms with E-state index in [1.54, 1.807) is 27.8 Å². The largest absolute Gasteiger partial charge is 0.416 e. The van der Waals surface area contributed by atoms with Crippen LogP contribution in [0.5, 0.6) is 0 Å². The molecule has 0 unspecified atom stereocenters. The number of hydrogen-bond donors (Lipinski definition) is 1. The fourth-order valence-electron chi connectivity index (χ4n) is 3.23. The van der Waals surface area contributed by atoms with E-state index in [1.807, 2.05) is 0 Å². The van der Waals surface area contributed by atoms with Crippen molar-refractivity contribution in [3.05, 3.63) is 54.1 Å². The Labute approximate surface area is 140 Å². The van der Waals surface area contributed by atoms with E-state index in [4.69, 9.17) is 0 Å². The zero-order chi connectivity index (χ0) is 17.6. The molecule has 3 heterocycles. The molecule has 0 amide bonds. The molecule has 4 rings (SSSR count). The van der Waals surface area contributed by atoms with E-state index in [1.165, 1.54) is 12.4 Å². The molecule has 3 aromatic rings. The number of fused-ring (bicyclic) bond motifs is 1. The summed E-state index contributed by atoms with van der Waals surface area (Å²) in [5.74, 6) is 0.485. The van der Waals surface area contributed by atoms with Gasteiger partial charge in [0.25, 0.3) is 0 Å². The summed E-state index contributed by atoms with van der Waals surface area (Å²) >= 11 is 0. The number of anilines is 1. The minimum absolute atomic E-state index is 0.264. The zero-order valence-electron chi connectivity index (χ0n) is 12.9. The predicted octanol–water partition coefficient (Wildman–Crippen LogP) is 2.46. The molecule has 0 saturated carbocycles. The molecule has 1 aliphatic heterocycles. The van der Waals surface area contributed by atoms with E-state index in [2.05, 4.69) is 15.2 Å². The van der Waals surface area contributed by atoms with Gasteiger partial charge in [-0.25, -0.2) is 4.98 Å². The van der Waals surface area contributed by atoms with Gasteiger partial charge < -0.3 is 10.0 Å². The Morgan fingerprint density at radius 3 is 2.88 bits per heavy atom. The Bertz CT molecular complexity index is 910. The highest BCUT2D eigenvalue weighted by molar-refractivity contribution is 5.65. The predicted molar refractivity (Wildman–Crippen MR) is 82.9 cm³/mol. The molecule has 1 aromatic carbocycles. The third-order valence-electron chi connectivity index (χ3n) is 4.35. The normalized spacial score (nSPS) is 21.2. The van der Waals surface area contributed by atoms with Crippen LogP contribution >= 0.6 is 0 Å². The first kappa shape index (κ1) is 15.8. The quantitative estimate of drug-likeness (QED) is 0.770. The van der Waals surface area contributed by atoms with Crippen LogP contribution in [0.1, 0.15) is 23.6 Å². The van der Waals surface area contributed by atoms with Crippen LogP contribution in [0, 0.1) is 0 Å². The Morgan fingerprint density at radius 1 is 1.24 bits per heavy atom. The molecule has 9 heteroatoms. The molecule has 0 bridgehead atoms. The maximum Gasteiger partial charge on any atom is 0.416 e. The summed E-state index contributed by atoms with van der Waals surface area (Å²) < 4.78 is 40.7. The number of hydrogen-bond acceptors (Lipinski definition) is 5. The second-order valence-electron chi connectivity index (χ2n) is 5.99. The van der Waals surface area contributed by atoms with E-state index in [0.29, 0.717) is 23.4 Å². The van der Waals surface area contributed by atoms with Crippen molar-refractivity contribution in [2.45, 2.75) is 24.7 Å². The highest BCUT2D eigenvalue weighted by Gasteiger charge is 2.36. The number of aliphatic hydroxyl groups excluding tert-OH is 1. The zero-order valence-corrected chi connectivity index (χ0v) is 12.9. The van der Waals surface area contributed by atoms with Gasteiger partial charge in [-0.2, -0.15) is 13.2 Å². The van der Waals surface area contributed by atoms with Crippen molar-refractivity contribution in [2.24, 2.45) is 0 Å². The Hall–Kier alpha value is -2.68. The van der Waals surface area contributed by atoms with E-state index in [0.717, 1.165) is 12.1 Å². The highest BCUT2D eigenvalue weighted by Crippen LogP contribution is 2.38. The van der Waals surface area contributed by atoms with Crippen LogP contribution in [-0.2, 0) is 6.18 Å². The molecular formula is C16H14F3N5O. The smallest absolute Gasteiger partial charge is 0.391 e. The molecule has 25 heavy (non-hydrogen) atoms. The molecule has 1 saturated heterocycles. The third kappa shape index (κ3) is 2.80. The van der Waals surface area contributed by atoms with E-state index >= 15 is 0 Å². The van der Waals surface area contributed by atoms with Crippen molar-refractivity contribution in [1.29, 1.82) is 0 Å². The number of aromatic nitrogens is 4. The van der Waals surface area contributed by atoms with Gasteiger partial charge in [-0.15, -0.1) is 10.2 Å². The summed E-state index contributed by atoms with van der Waals surface area (Å²) in [4.78, 5) is 6.09. The summed E-state index contributed by atoms with van der Waals surface area (Å²) in [5, 5.41) is 18.0. The number of halogens is 3. The second-order valence-corrected chi connectivity index (χ2v) is 5.99. The van der Waals surface area contributed by atoms with Crippen LogP contribution in [0.25, 0.3) is 5.65 Å². The summed E-state index contributed by atoms with van der Waals surface area (Å²) in [6, 6.07) is 4.75. The minimum atomic E-state index is -4.41. The van der Waals surface area contributed by atoms with Crippen molar-refractivity contribution in [3.63, 3.8) is 0 Å². The number of aliphatic hydroxyl groups is 1. The minimum Gasteiger partial charge on any atom is -0.391 e. The maximum absolute atomic E-state index is 13.0. The van der Waals surface area contributed by atoms with E-state index in [9.17, 15) is 18.3 Å². The summed E-state index contributed by atoms with van der Waals surface area (Å²) in [6.07, 6.45) is 0.0161. The van der Waals surface area contributed by atoms with Crippen LogP contribution < -0.4 is 4.90 Å². The van der Waals surface area contributed by atoms with Crippen LogP contribution in [0.2, 0.25) is 0 Å². The number of alkyl halides is 3. The second kappa shape index (κ2) is 5.69. The average molecular weight is 349 g/mol. The SMILES string of the molecule is O[C@H]1C[C@@H](c2cccc(C(F)(F)F)c2)N(c2nccn3cnnc23)C1. The summed E-state index contributed by atoms with van der Waals surface area (Å²) in [5.41, 5.74) is 0.267. The maximum atomic E-state index is 13.0. The average Bonchev–Trinajstić information content (AvgIpc) is 3.20.